The number of rotatable bonds is 2. The van der Waals surface area contributed by atoms with Crippen LogP contribution in [0.4, 0.5) is 4.39 Å². The highest BCUT2D eigenvalue weighted by Crippen LogP contribution is 2.25. The lowest BCUT2D eigenvalue weighted by Crippen LogP contribution is -2.38. The zero-order valence-corrected chi connectivity index (χ0v) is 10.2. The maximum atomic E-state index is 13.7. The number of nitrogens with two attached hydrogens (primary N) is 1. The quantitative estimate of drug-likeness (QED) is 0.819. The van der Waals surface area contributed by atoms with Crippen LogP contribution in [-0.2, 0) is 0 Å². The SMILES string of the molecule is N#Cc1ccc(OC2CCCCCC2N)c(F)c1. The van der Waals surface area contributed by atoms with Gasteiger partial charge in [0.15, 0.2) is 11.6 Å². The fourth-order valence-electron chi connectivity index (χ4n) is 2.28. The second-order valence-electron chi connectivity index (χ2n) is 4.72. The van der Waals surface area contributed by atoms with Crippen molar-refractivity contribution < 1.29 is 9.13 Å². The van der Waals surface area contributed by atoms with Gasteiger partial charge in [0, 0.05) is 6.04 Å². The Hall–Kier alpha value is -1.60. The molecule has 2 atom stereocenters. The molecule has 4 heteroatoms. The lowest BCUT2D eigenvalue weighted by molar-refractivity contribution is 0.156. The summed E-state index contributed by atoms with van der Waals surface area (Å²) < 4.78 is 19.4. The number of nitrogens with zero attached hydrogens (tertiary/aromatic N) is 1. The Morgan fingerprint density at radius 3 is 2.78 bits per heavy atom. The van der Waals surface area contributed by atoms with Crippen LogP contribution in [0, 0.1) is 17.1 Å². The summed E-state index contributed by atoms with van der Waals surface area (Å²) in [5.74, 6) is -0.304. The largest absolute Gasteiger partial charge is 0.486 e. The van der Waals surface area contributed by atoms with Gasteiger partial charge in [-0.1, -0.05) is 12.8 Å². The molecule has 2 N–H and O–H groups in total. The second kappa shape index (κ2) is 5.83. The first kappa shape index (κ1) is 12.8. The van der Waals surface area contributed by atoms with E-state index < -0.39 is 5.82 Å². The highest BCUT2D eigenvalue weighted by Gasteiger charge is 2.23. The Bertz CT molecular complexity index is 456. The summed E-state index contributed by atoms with van der Waals surface area (Å²) in [6.45, 7) is 0. The number of hydrogen-bond donors (Lipinski definition) is 1. The van der Waals surface area contributed by atoms with Crippen LogP contribution in [0.25, 0.3) is 0 Å². The fraction of sp³-hybridized carbons (Fsp3) is 0.500. The zero-order chi connectivity index (χ0) is 13.0. The standard InChI is InChI=1S/C14H17FN2O/c15-11-8-10(9-16)6-7-13(11)18-14-5-3-1-2-4-12(14)17/h6-8,12,14H,1-5,17H2. The second-order valence-corrected chi connectivity index (χ2v) is 4.72. The van der Waals surface area contributed by atoms with Crippen molar-refractivity contribution in [3.8, 4) is 11.8 Å². The van der Waals surface area contributed by atoms with Crippen molar-refractivity contribution >= 4 is 0 Å². The first-order valence-electron chi connectivity index (χ1n) is 6.32. The van der Waals surface area contributed by atoms with E-state index >= 15 is 0 Å². The van der Waals surface area contributed by atoms with Gasteiger partial charge in [-0.2, -0.15) is 5.26 Å². The van der Waals surface area contributed by atoms with E-state index in [1.54, 1.807) is 6.07 Å². The molecular formula is C14H17FN2O. The Labute approximate surface area is 106 Å². The molecule has 2 unspecified atom stereocenters. The molecule has 2 rings (SSSR count). The average molecular weight is 248 g/mol. The van der Waals surface area contributed by atoms with Crippen LogP contribution < -0.4 is 10.5 Å². The van der Waals surface area contributed by atoms with Crippen molar-refractivity contribution in [2.75, 3.05) is 0 Å². The molecule has 0 heterocycles. The summed E-state index contributed by atoms with van der Waals surface area (Å²) in [6, 6.07) is 6.11. The van der Waals surface area contributed by atoms with E-state index in [4.69, 9.17) is 15.7 Å². The first-order chi connectivity index (χ1) is 8.70. The minimum Gasteiger partial charge on any atom is -0.486 e. The molecule has 1 aromatic carbocycles. The van der Waals surface area contributed by atoms with Gasteiger partial charge in [-0.3, -0.25) is 0 Å². The third kappa shape index (κ3) is 2.99. The van der Waals surface area contributed by atoms with E-state index in [2.05, 4.69) is 0 Å². The summed E-state index contributed by atoms with van der Waals surface area (Å²) in [5, 5.41) is 8.68. The minimum absolute atomic E-state index is 0.0393. The lowest BCUT2D eigenvalue weighted by Gasteiger charge is -2.23. The van der Waals surface area contributed by atoms with Crippen LogP contribution in [0.5, 0.6) is 5.75 Å². The van der Waals surface area contributed by atoms with E-state index in [-0.39, 0.29) is 17.9 Å². The van der Waals surface area contributed by atoms with Crippen molar-refractivity contribution in [3.63, 3.8) is 0 Å². The van der Waals surface area contributed by atoms with E-state index in [1.807, 2.05) is 6.07 Å². The van der Waals surface area contributed by atoms with Crippen molar-refractivity contribution in [1.82, 2.24) is 0 Å². The Kier molecular flexibility index (Phi) is 4.16. The molecule has 1 aromatic rings. The van der Waals surface area contributed by atoms with Gasteiger partial charge in [0.05, 0.1) is 11.6 Å². The van der Waals surface area contributed by atoms with Gasteiger partial charge in [-0.15, -0.1) is 0 Å². The maximum Gasteiger partial charge on any atom is 0.166 e. The molecular weight excluding hydrogens is 231 g/mol. The average Bonchev–Trinajstić information content (AvgIpc) is 2.57. The normalized spacial score (nSPS) is 24.1. The molecule has 0 bridgehead atoms. The molecule has 1 saturated carbocycles. The Balaban J connectivity index is 2.10. The number of nitriles is 1. The summed E-state index contributed by atoms with van der Waals surface area (Å²) in [6.07, 6.45) is 4.98. The molecule has 3 nitrogen and oxygen atoms in total. The first-order valence-corrected chi connectivity index (χ1v) is 6.32. The van der Waals surface area contributed by atoms with Crippen molar-refractivity contribution in [2.24, 2.45) is 5.73 Å². The lowest BCUT2D eigenvalue weighted by atomic mass is 10.1. The number of ether oxygens (including phenoxy) is 1. The van der Waals surface area contributed by atoms with Gasteiger partial charge in [0.2, 0.25) is 0 Å². The molecule has 0 aromatic heterocycles. The van der Waals surface area contributed by atoms with Gasteiger partial charge in [0.25, 0.3) is 0 Å². The third-order valence-corrected chi connectivity index (χ3v) is 3.34. The van der Waals surface area contributed by atoms with Crippen LogP contribution in [0.15, 0.2) is 18.2 Å². The van der Waals surface area contributed by atoms with Crippen LogP contribution in [-0.4, -0.2) is 12.1 Å². The van der Waals surface area contributed by atoms with Crippen molar-refractivity contribution in [2.45, 2.75) is 44.2 Å². The van der Waals surface area contributed by atoms with E-state index in [9.17, 15) is 4.39 Å². The van der Waals surface area contributed by atoms with Gasteiger partial charge < -0.3 is 10.5 Å². The summed E-state index contributed by atoms with van der Waals surface area (Å²) in [7, 11) is 0. The molecule has 1 fully saturated rings. The highest BCUT2D eigenvalue weighted by molar-refractivity contribution is 5.36. The van der Waals surface area contributed by atoms with Crippen LogP contribution >= 0.6 is 0 Å². The molecule has 0 amide bonds. The monoisotopic (exact) mass is 248 g/mol. The molecule has 0 radical (unpaired) electrons. The Morgan fingerprint density at radius 2 is 2.06 bits per heavy atom. The van der Waals surface area contributed by atoms with Crippen molar-refractivity contribution in [1.29, 1.82) is 5.26 Å². The zero-order valence-electron chi connectivity index (χ0n) is 10.2. The predicted octanol–water partition coefficient (Wildman–Crippen LogP) is 2.74. The molecule has 96 valence electrons. The number of benzene rings is 1. The van der Waals surface area contributed by atoms with Gasteiger partial charge in [0.1, 0.15) is 6.10 Å². The van der Waals surface area contributed by atoms with Crippen LogP contribution in [0.3, 0.4) is 0 Å². The molecule has 1 aliphatic rings. The summed E-state index contributed by atoms with van der Waals surface area (Å²) in [5.41, 5.74) is 6.33. The maximum absolute atomic E-state index is 13.7. The van der Waals surface area contributed by atoms with Crippen molar-refractivity contribution in [3.05, 3.63) is 29.6 Å². The van der Waals surface area contributed by atoms with Crippen LogP contribution in [0.2, 0.25) is 0 Å². The van der Waals surface area contributed by atoms with Gasteiger partial charge in [-0.05, 0) is 37.5 Å². The summed E-state index contributed by atoms with van der Waals surface area (Å²) >= 11 is 0. The van der Waals surface area contributed by atoms with E-state index in [1.165, 1.54) is 12.1 Å². The highest BCUT2D eigenvalue weighted by atomic mass is 19.1. The van der Waals surface area contributed by atoms with E-state index in [0.717, 1.165) is 32.1 Å². The van der Waals surface area contributed by atoms with Crippen LogP contribution in [0.1, 0.15) is 37.7 Å². The molecule has 18 heavy (non-hydrogen) atoms. The minimum atomic E-state index is -0.495. The molecule has 0 saturated heterocycles. The fourth-order valence-corrected chi connectivity index (χ4v) is 2.28. The third-order valence-electron chi connectivity index (χ3n) is 3.34. The smallest absolute Gasteiger partial charge is 0.166 e. The topological polar surface area (TPSA) is 59.0 Å². The van der Waals surface area contributed by atoms with E-state index in [0.29, 0.717) is 5.56 Å². The molecule has 1 aliphatic carbocycles. The van der Waals surface area contributed by atoms with Gasteiger partial charge in [-0.25, -0.2) is 4.39 Å². The Morgan fingerprint density at radius 1 is 1.28 bits per heavy atom. The summed E-state index contributed by atoms with van der Waals surface area (Å²) in [4.78, 5) is 0. The molecule has 0 aliphatic heterocycles. The van der Waals surface area contributed by atoms with Gasteiger partial charge >= 0.3 is 0 Å². The predicted molar refractivity (Wildman–Crippen MR) is 66.6 cm³/mol. The molecule has 0 spiro atoms. The number of hydrogen-bond acceptors (Lipinski definition) is 3. The number of halogens is 1.